The van der Waals surface area contributed by atoms with Crippen molar-refractivity contribution in [1.29, 1.82) is 0 Å². The van der Waals surface area contributed by atoms with Gasteiger partial charge >= 0.3 is 0 Å². The number of carbonyl (C=O) groups is 1. The van der Waals surface area contributed by atoms with Gasteiger partial charge in [0.1, 0.15) is 0 Å². The summed E-state index contributed by atoms with van der Waals surface area (Å²) in [5, 5.41) is 0.460. The Hall–Kier alpha value is -1.64. The molecule has 2 heterocycles. The highest BCUT2D eigenvalue weighted by atomic mass is 79.9. The van der Waals surface area contributed by atoms with Crippen LogP contribution < -0.4 is 4.90 Å². The summed E-state index contributed by atoms with van der Waals surface area (Å²) in [4.78, 5) is 19.1. The molecule has 0 N–H and O–H groups in total. The summed E-state index contributed by atoms with van der Waals surface area (Å²) in [6, 6.07) is 12.7. The summed E-state index contributed by atoms with van der Waals surface area (Å²) in [5.74, 6) is -0.118. The number of carbonyl (C=O) groups excluding carboxylic acids is 1. The van der Waals surface area contributed by atoms with E-state index < -0.39 is 9.84 Å². The van der Waals surface area contributed by atoms with Crippen LogP contribution in [0.5, 0.6) is 0 Å². The van der Waals surface area contributed by atoms with Crippen molar-refractivity contribution in [3.05, 3.63) is 63.6 Å². The Morgan fingerprint density at radius 2 is 1.79 bits per heavy atom. The molecular weight excluding hydrogens is 460 g/mol. The van der Waals surface area contributed by atoms with Gasteiger partial charge in [0.15, 0.2) is 15.0 Å². The Balaban J connectivity index is 1.81. The number of amides is 1. The summed E-state index contributed by atoms with van der Waals surface area (Å²) in [5.41, 5.74) is 3.47. The number of nitrogens with zero attached hydrogens (tertiary/aromatic N) is 2. The number of anilines is 1. The number of sulfone groups is 1. The first-order valence-corrected chi connectivity index (χ1v) is 12.4. The minimum Gasteiger partial charge on any atom is -0.315 e. The molecule has 0 aromatic heterocycles. The summed E-state index contributed by atoms with van der Waals surface area (Å²) in [7, 11) is -3.10. The average Bonchev–Trinajstić information content (AvgIpc) is 3.07. The molecular formula is C20H19BrN2O3S2. The van der Waals surface area contributed by atoms with Crippen molar-refractivity contribution in [3.63, 3.8) is 0 Å². The summed E-state index contributed by atoms with van der Waals surface area (Å²) in [6.07, 6.45) is 0. The van der Waals surface area contributed by atoms with E-state index in [9.17, 15) is 13.2 Å². The van der Waals surface area contributed by atoms with Gasteiger partial charge in [-0.25, -0.2) is 8.42 Å². The predicted octanol–water partition coefficient (Wildman–Crippen LogP) is 3.98. The van der Waals surface area contributed by atoms with Crippen LogP contribution >= 0.6 is 27.7 Å². The van der Waals surface area contributed by atoms with Crippen molar-refractivity contribution in [1.82, 2.24) is 0 Å². The number of hydrogen-bond donors (Lipinski definition) is 0. The SMILES string of the molecule is Cc1cc(Br)cc(C)c1N1C(=NC(=O)c2ccccc2)S[C@@H]2CS(=O)(=O)C[C@H]21. The normalized spacial score (nSPS) is 24.5. The first-order valence-electron chi connectivity index (χ1n) is 8.86. The van der Waals surface area contributed by atoms with Crippen LogP contribution in [0.3, 0.4) is 0 Å². The lowest BCUT2D eigenvalue weighted by Gasteiger charge is -2.28. The minimum atomic E-state index is -3.10. The average molecular weight is 479 g/mol. The van der Waals surface area contributed by atoms with Crippen molar-refractivity contribution in [2.75, 3.05) is 16.4 Å². The lowest BCUT2D eigenvalue weighted by atomic mass is 10.1. The van der Waals surface area contributed by atoms with E-state index in [1.54, 1.807) is 24.3 Å². The van der Waals surface area contributed by atoms with Crippen LogP contribution in [0.4, 0.5) is 5.69 Å². The smallest absolute Gasteiger partial charge is 0.279 e. The number of fused-ring (bicyclic) bond motifs is 1. The van der Waals surface area contributed by atoms with Gasteiger partial charge in [-0.3, -0.25) is 4.79 Å². The molecule has 0 saturated carbocycles. The van der Waals surface area contributed by atoms with Gasteiger partial charge in [0, 0.05) is 21.0 Å². The minimum absolute atomic E-state index is 0.0815. The maximum absolute atomic E-state index is 12.7. The monoisotopic (exact) mass is 478 g/mol. The van der Waals surface area contributed by atoms with Gasteiger partial charge in [0.25, 0.3) is 5.91 Å². The Labute approximate surface area is 177 Å². The highest BCUT2D eigenvalue weighted by Gasteiger charge is 2.50. The first-order chi connectivity index (χ1) is 13.2. The largest absolute Gasteiger partial charge is 0.315 e. The van der Waals surface area contributed by atoms with Gasteiger partial charge in [-0.15, -0.1) is 0 Å². The number of amidine groups is 1. The van der Waals surface area contributed by atoms with Crippen molar-refractivity contribution in [3.8, 4) is 0 Å². The van der Waals surface area contributed by atoms with Gasteiger partial charge < -0.3 is 4.90 Å². The van der Waals surface area contributed by atoms with Crippen LogP contribution in [-0.4, -0.2) is 42.3 Å². The molecule has 146 valence electrons. The number of rotatable bonds is 2. The number of aryl methyl sites for hydroxylation is 2. The van der Waals surface area contributed by atoms with E-state index in [0.717, 1.165) is 21.3 Å². The molecule has 1 amide bonds. The molecule has 2 aliphatic rings. The fraction of sp³-hybridized carbons (Fsp3) is 0.300. The van der Waals surface area contributed by atoms with E-state index in [4.69, 9.17) is 0 Å². The molecule has 0 spiro atoms. The molecule has 2 atom stereocenters. The van der Waals surface area contributed by atoms with Crippen LogP contribution in [0.15, 0.2) is 51.9 Å². The molecule has 0 aliphatic carbocycles. The number of halogens is 1. The zero-order valence-electron chi connectivity index (χ0n) is 15.4. The van der Waals surface area contributed by atoms with Gasteiger partial charge in [-0.05, 0) is 49.2 Å². The Bertz CT molecular complexity index is 1060. The lowest BCUT2D eigenvalue weighted by Crippen LogP contribution is -2.38. The molecule has 28 heavy (non-hydrogen) atoms. The van der Waals surface area contributed by atoms with Crippen molar-refractivity contribution >= 4 is 54.3 Å². The van der Waals surface area contributed by atoms with Crippen LogP contribution in [0.1, 0.15) is 21.5 Å². The summed E-state index contributed by atoms with van der Waals surface area (Å²) >= 11 is 4.91. The fourth-order valence-corrected chi connectivity index (χ4v) is 8.43. The van der Waals surface area contributed by atoms with Crippen LogP contribution in [0.2, 0.25) is 0 Å². The van der Waals surface area contributed by atoms with Gasteiger partial charge in [0.2, 0.25) is 0 Å². The van der Waals surface area contributed by atoms with E-state index in [2.05, 4.69) is 20.9 Å². The Kier molecular flexibility index (Phi) is 5.14. The van der Waals surface area contributed by atoms with Gasteiger partial charge in [0.05, 0.1) is 17.5 Å². The maximum atomic E-state index is 12.7. The second-order valence-corrected chi connectivity index (χ2v) is 11.4. The maximum Gasteiger partial charge on any atom is 0.279 e. The van der Waals surface area contributed by atoms with Crippen molar-refractivity contribution in [2.45, 2.75) is 25.1 Å². The van der Waals surface area contributed by atoms with E-state index in [1.165, 1.54) is 11.8 Å². The highest BCUT2D eigenvalue weighted by molar-refractivity contribution is 9.10. The number of thioether (sulfide) groups is 1. The third kappa shape index (κ3) is 3.65. The predicted molar refractivity (Wildman–Crippen MR) is 118 cm³/mol. The molecule has 5 nitrogen and oxygen atoms in total. The third-order valence-corrected chi connectivity index (χ3v) is 8.65. The molecule has 4 rings (SSSR count). The molecule has 8 heteroatoms. The summed E-state index contributed by atoms with van der Waals surface area (Å²) < 4.78 is 25.4. The Morgan fingerprint density at radius 1 is 1.14 bits per heavy atom. The van der Waals surface area contributed by atoms with Gasteiger partial charge in [-0.1, -0.05) is 45.9 Å². The molecule has 0 bridgehead atoms. The quantitative estimate of drug-likeness (QED) is 0.652. The molecule has 2 aromatic rings. The topological polar surface area (TPSA) is 66.8 Å². The fourth-order valence-electron chi connectivity index (χ4n) is 3.84. The second-order valence-electron chi connectivity index (χ2n) is 7.12. The Morgan fingerprint density at radius 3 is 2.43 bits per heavy atom. The standard InChI is InChI=1S/C20H19BrN2O3S2/c1-12-8-15(21)9-13(2)18(12)23-16-10-28(25,26)11-17(16)27-20(23)22-19(24)14-6-4-3-5-7-14/h3-9,16-17H,10-11H2,1-2H3/t16-,17-/m1/s1. The van der Waals surface area contributed by atoms with E-state index in [-0.39, 0.29) is 28.7 Å². The second kappa shape index (κ2) is 7.31. The zero-order chi connectivity index (χ0) is 20.1. The first kappa shape index (κ1) is 19.7. The third-order valence-electron chi connectivity index (χ3n) is 4.98. The van der Waals surface area contributed by atoms with Crippen molar-refractivity contribution in [2.24, 2.45) is 4.99 Å². The van der Waals surface area contributed by atoms with E-state index >= 15 is 0 Å². The molecule has 2 saturated heterocycles. The molecule has 2 aromatic carbocycles. The molecule has 0 unspecified atom stereocenters. The number of aliphatic imine (C=N–C) groups is 1. The highest BCUT2D eigenvalue weighted by Crippen LogP contribution is 2.43. The number of hydrogen-bond acceptors (Lipinski definition) is 4. The molecule has 0 radical (unpaired) electrons. The number of benzene rings is 2. The zero-order valence-corrected chi connectivity index (χ0v) is 18.6. The van der Waals surface area contributed by atoms with Crippen LogP contribution in [-0.2, 0) is 9.84 Å². The van der Waals surface area contributed by atoms with Crippen LogP contribution in [0, 0.1) is 13.8 Å². The van der Waals surface area contributed by atoms with Gasteiger partial charge in [-0.2, -0.15) is 4.99 Å². The van der Waals surface area contributed by atoms with E-state index in [1.807, 2.05) is 36.9 Å². The molecule has 2 aliphatic heterocycles. The summed E-state index contributed by atoms with van der Waals surface area (Å²) in [6.45, 7) is 3.98. The lowest BCUT2D eigenvalue weighted by molar-refractivity contribution is 0.100. The van der Waals surface area contributed by atoms with Crippen LogP contribution in [0.25, 0.3) is 0 Å². The van der Waals surface area contributed by atoms with Crippen molar-refractivity contribution < 1.29 is 13.2 Å². The van der Waals surface area contributed by atoms with E-state index in [0.29, 0.717) is 10.7 Å². The molecule has 2 fully saturated rings.